The van der Waals surface area contributed by atoms with Gasteiger partial charge in [-0.15, -0.1) is 11.3 Å². The van der Waals surface area contributed by atoms with E-state index in [0.29, 0.717) is 17.1 Å². The zero-order valence-corrected chi connectivity index (χ0v) is 13.1. The Morgan fingerprint density at radius 3 is 2.67 bits per heavy atom. The Kier molecular flexibility index (Phi) is 5.36. The summed E-state index contributed by atoms with van der Waals surface area (Å²) >= 11 is 7.53. The van der Waals surface area contributed by atoms with Crippen LogP contribution in [-0.2, 0) is 11.3 Å². The largest absolute Gasteiger partial charge is 0.343 e. The number of halogens is 1. The van der Waals surface area contributed by atoms with Crippen molar-refractivity contribution in [3.05, 3.63) is 57.2 Å². The third-order valence-corrected chi connectivity index (χ3v) is 4.11. The second-order valence-corrected chi connectivity index (χ2v) is 5.93. The average Bonchev–Trinajstić information content (AvgIpc) is 2.97. The number of amides is 2. The second kappa shape index (κ2) is 7.24. The molecule has 0 saturated heterocycles. The van der Waals surface area contributed by atoms with Gasteiger partial charge in [-0.3, -0.25) is 9.59 Å². The van der Waals surface area contributed by atoms with Gasteiger partial charge in [-0.05, 0) is 23.6 Å². The molecular weight excluding hydrogens is 308 g/mol. The van der Waals surface area contributed by atoms with E-state index in [1.165, 1.54) is 0 Å². The van der Waals surface area contributed by atoms with Crippen LogP contribution < -0.4 is 5.32 Å². The van der Waals surface area contributed by atoms with Crippen LogP contribution in [0.3, 0.4) is 0 Å². The van der Waals surface area contributed by atoms with Crippen molar-refractivity contribution in [2.45, 2.75) is 6.54 Å². The number of nitrogens with zero attached hydrogens (tertiary/aromatic N) is 1. The number of benzene rings is 1. The Bertz CT molecular complexity index is 628. The van der Waals surface area contributed by atoms with Crippen molar-refractivity contribution in [2.24, 2.45) is 0 Å². The summed E-state index contributed by atoms with van der Waals surface area (Å²) in [4.78, 5) is 26.6. The maximum atomic E-state index is 12.0. The molecule has 2 aromatic rings. The van der Waals surface area contributed by atoms with E-state index in [1.807, 2.05) is 17.5 Å². The smallest absolute Gasteiger partial charge is 0.253 e. The van der Waals surface area contributed by atoms with Crippen LogP contribution in [0.15, 0.2) is 41.8 Å². The lowest BCUT2D eigenvalue weighted by molar-refractivity contribution is -0.129. The Morgan fingerprint density at radius 2 is 2.00 bits per heavy atom. The molecule has 0 radical (unpaired) electrons. The lowest BCUT2D eigenvalue weighted by atomic mass is 10.2. The zero-order valence-electron chi connectivity index (χ0n) is 11.5. The van der Waals surface area contributed by atoms with Gasteiger partial charge in [0.05, 0.1) is 23.7 Å². The summed E-state index contributed by atoms with van der Waals surface area (Å²) in [5, 5.41) is 4.92. The predicted octanol–water partition coefficient (Wildman–Crippen LogP) is 2.79. The van der Waals surface area contributed by atoms with Crippen molar-refractivity contribution in [3.8, 4) is 0 Å². The predicted molar refractivity (Wildman–Crippen MR) is 84.6 cm³/mol. The molecule has 1 aromatic carbocycles. The minimum absolute atomic E-state index is 0.0497. The second-order valence-electron chi connectivity index (χ2n) is 4.49. The van der Waals surface area contributed by atoms with Gasteiger partial charge in [0.1, 0.15) is 0 Å². The molecule has 0 atom stereocenters. The Morgan fingerprint density at radius 1 is 1.24 bits per heavy atom. The molecule has 1 N–H and O–H groups in total. The van der Waals surface area contributed by atoms with E-state index in [4.69, 9.17) is 11.6 Å². The molecule has 0 aliphatic rings. The Labute approximate surface area is 132 Å². The summed E-state index contributed by atoms with van der Waals surface area (Å²) in [6, 6.07) is 10.7. The highest BCUT2D eigenvalue weighted by atomic mass is 35.5. The number of nitrogens with one attached hydrogen (secondary N) is 1. The van der Waals surface area contributed by atoms with Crippen molar-refractivity contribution >= 4 is 34.8 Å². The van der Waals surface area contributed by atoms with Gasteiger partial charge in [0.25, 0.3) is 5.91 Å². The number of hydrogen-bond acceptors (Lipinski definition) is 3. The molecule has 4 nitrogen and oxygen atoms in total. The minimum atomic E-state index is -0.349. The number of likely N-dealkylation sites (N-methyl/N-ethyl adjacent to an activating group) is 1. The highest BCUT2D eigenvalue weighted by molar-refractivity contribution is 7.09. The lowest BCUT2D eigenvalue weighted by Gasteiger charge is -2.16. The van der Waals surface area contributed by atoms with Crippen LogP contribution in [0.2, 0.25) is 5.02 Å². The topological polar surface area (TPSA) is 49.4 Å². The fraction of sp³-hybridized carbons (Fsp3) is 0.200. The van der Waals surface area contributed by atoms with Crippen molar-refractivity contribution in [2.75, 3.05) is 13.6 Å². The number of thiophene rings is 1. The lowest BCUT2D eigenvalue weighted by Crippen LogP contribution is -2.37. The third kappa shape index (κ3) is 4.31. The highest BCUT2D eigenvalue weighted by Gasteiger charge is 2.13. The summed E-state index contributed by atoms with van der Waals surface area (Å²) < 4.78 is 0. The molecule has 6 heteroatoms. The van der Waals surface area contributed by atoms with Gasteiger partial charge in [-0.2, -0.15) is 0 Å². The third-order valence-electron chi connectivity index (χ3n) is 2.92. The molecule has 110 valence electrons. The van der Waals surface area contributed by atoms with Gasteiger partial charge in [0, 0.05) is 11.9 Å². The monoisotopic (exact) mass is 322 g/mol. The summed E-state index contributed by atoms with van der Waals surface area (Å²) in [6.45, 7) is 0.490. The van der Waals surface area contributed by atoms with E-state index in [9.17, 15) is 9.59 Å². The molecule has 0 saturated carbocycles. The van der Waals surface area contributed by atoms with Gasteiger partial charge in [0.15, 0.2) is 0 Å². The summed E-state index contributed by atoms with van der Waals surface area (Å²) in [7, 11) is 1.71. The van der Waals surface area contributed by atoms with Crippen molar-refractivity contribution in [1.82, 2.24) is 10.2 Å². The van der Waals surface area contributed by atoms with E-state index in [1.54, 1.807) is 47.5 Å². The maximum absolute atomic E-state index is 12.0. The molecule has 2 rings (SSSR count). The van der Waals surface area contributed by atoms with E-state index < -0.39 is 0 Å². The van der Waals surface area contributed by atoms with Crippen molar-refractivity contribution in [3.63, 3.8) is 0 Å². The van der Waals surface area contributed by atoms with Gasteiger partial charge in [-0.25, -0.2) is 0 Å². The Hall–Kier alpha value is -1.85. The van der Waals surface area contributed by atoms with Crippen LogP contribution in [0.25, 0.3) is 0 Å². The molecule has 1 heterocycles. The van der Waals surface area contributed by atoms with Crippen LogP contribution in [0.4, 0.5) is 0 Å². The fourth-order valence-electron chi connectivity index (χ4n) is 1.76. The number of carbonyl (C=O) groups is 2. The first-order chi connectivity index (χ1) is 10.1. The molecule has 21 heavy (non-hydrogen) atoms. The fourth-order valence-corrected chi connectivity index (χ4v) is 2.73. The number of hydrogen-bond donors (Lipinski definition) is 1. The van der Waals surface area contributed by atoms with Crippen LogP contribution in [0.1, 0.15) is 15.2 Å². The van der Waals surface area contributed by atoms with E-state index in [0.717, 1.165) is 4.88 Å². The van der Waals surface area contributed by atoms with E-state index in [2.05, 4.69) is 5.32 Å². The van der Waals surface area contributed by atoms with Gasteiger partial charge in [0.2, 0.25) is 5.91 Å². The molecule has 2 amide bonds. The van der Waals surface area contributed by atoms with Crippen LogP contribution >= 0.6 is 22.9 Å². The summed E-state index contributed by atoms with van der Waals surface area (Å²) in [5.74, 6) is -0.498. The van der Waals surface area contributed by atoms with Gasteiger partial charge in [-0.1, -0.05) is 29.8 Å². The van der Waals surface area contributed by atoms with Gasteiger partial charge < -0.3 is 10.2 Å². The van der Waals surface area contributed by atoms with E-state index >= 15 is 0 Å². The van der Waals surface area contributed by atoms with Crippen molar-refractivity contribution in [1.29, 1.82) is 0 Å². The number of rotatable bonds is 5. The minimum Gasteiger partial charge on any atom is -0.343 e. The first-order valence-electron chi connectivity index (χ1n) is 6.37. The molecule has 0 spiro atoms. The summed E-state index contributed by atoms with van der Waals surface area (Å²) in [6.07, 6.45) is 0. The molecule has 0 fully saturated rings. The van der Waals surface area contributed by atoms with Gasteiger partial charge >= 0.3 is 0 Å². The molecule has 0 aliphatic heterocycles. The number of carbonyl (C=O) groups excluding carboxylic acids is 2. The first kappa shape index (κ1) is 15.5. The van der Waals surface area contributed by atoms with Crippen LogP contribution in [0.5, 0.6) is 0 Å². The first-order valence-corrected chi connectivity index (χ1v) is 7.63. The molecule has 0 aliphatic carbocycles. The SMILES string of the molecule is CN(Cc1cccs1)C(=O)CNC(=O)c1ccccc1Cl. The molecule has 0 unspecified atom stereocenters. The Balaban J connectivity index is 1.86. The highest BCUT2D eigenvalue weighted by Crippen LogP contribution is 2.14. The molecule has 1 aromatic heterocycles. The van der Waals surface area contributed by atoms with E-state index in [-0.39, 0.29) is 18.4 Å². The molecule has 0 bridgehead atoms. The zero-order chi connectivity index (χ0) is 15.2. The standard InChI is InChI=1S/C15H15ClN2O2S/c1-18(10-11-5-4-8-21-11)14(19)9-17-15(20)12-6-2-3-7-13(12)16/h2-8H,9-10H2,1H3,(H,17,20). The molecular formula is C15H15ClN2O2S. The van der Waals surface area contributed by atoms with Crippen LogP contribution in [-0.4, -0.2) is 30.3 Å². The quantitative estimate of drug-likeness (QED) is 0.920. The van der Waals surface area contributed by atoms with Crippen molar-refractivity contribution < 1.29 is 9.59 Å². The normalized spacial score (nSPS) is 10.2. The van der Waals surface area contributed by atoms with Crippen LogP contribution in [0, 0.1) is 0 Å². The average molecular weight is 323 g/mol. The summed E-state index contributed by atoms with van der Waals surface area (Å²) in [5.41, 5.74) is 0.368. The maximum Gasteiger partial charge on any atom is 0.253 e.